The Hall–Kier alpha value is -3.59. The number of hydrogen-bond acceptors (Lipinski definition) is 8. The maximum absolute atomic E-state index is 6.27. The second-order valence-corrected chi connectivity index (χ2v) is 6.92. The Kier molecular flexibility index (Phi) is 3.01. The maximum Gasteiger partial charge on any atom is 0.294 e. The highest BCUT2D eigenvalue weighted by molar-refractivity contribution is 6.15. The quantitative estimate of drug-likeness (QED) is 0.477. The van der Waals surface area contributed by atoms with Crippen molar-refractivity contribution in [1.82, 2.24) is 29.3 Å². The van der Waals surface area contributed by atoms with Gasteiger partial charge in [-0.2, -0.15) is 4.98 Å². The van der Waals surface area contributed by atoms with Crippen LogP contribution in [0.15, 0.2) is 51.5 Å². The molecule has 0 spiro atoms. The molecule has 10 heteroatoms. The number of rotatable bonds is 2. The van der Waals surface area contributed by atoms with Gasteiger partial charge in [0.2, 0.25) is 11.6 Å². The fourth-order valence-corrected chi connectivity index (χ4v) is 3.70. The summed E-state index contributed by atoms with van der Waals surface area (Å²) in [6.07, 6.45) is 1.82. The second kappa shape index (κ2) is 5.46. The molecule has 3 aromatic heterocycles. The van der Waals surface area contributed by atoms with Gasteiger partial charge >= 0.3 is 0 Å². The normalized spacial score (nSPS) is 14.7. The van der Waals surface area contributed by atoms with Crippen LogP contribution in [0.4, 0.5) is 5.69 Å². The Morgan fingerprint density at radius 1 is 1.07 bits per heavy atom. The summed E-state index contributed by atoms with van der Waals surface area (Å²) in [6, 6.07) is 11.6. The number of aromatic nitrogens is 5. The van der Waals surface area contributed by atoms with Gasteiger partial charge in [0.05, 0.1) is 11.9 Å². The average molecular weight is 394 g/mol. The third-order valence-electron chi connectivity index (χ3n) is 4.71. The summed E-state index contributed by atoms with van der Waals surface area (Å²) in [6.45, 7) is 2.36. The highest BCUT2D eigenvalue weighted by Gasteiger charge is 2.36. The highest BCUT2D eigenvalue weighted by Crippen LogP contribution is 2.43. The molecule has 0 atom stereocenters. The molecule has 1 aromatic carbocycles. The van der Waals surface area contributed by atoms with E-state index in [1.807, 2.05) is 48.0 Å². The van der Waals surface area contributed by atoms with Gasteiger partial charge in [-0.1, -0.05) is 17.3 Å². The number of benzene rings is 1. The minimum absolute atomic E-state index is 0.285. The third kappa shape index (κ3) is 2.07. The first-order valence-corrected chi connectivity index (χ1v) is 8.91. The van der Waals surface area contributed by atoms with Crippen molar-refractivity contribution in [1.29, 1.82) is 0 Å². The molecule has 0 saturated heterocycles. The topological polar surface area (TPSA) is 89.3 Å². The molecule has 9 nitrogen and oxygen atoms in total. The Morgan fingerprint density at radius 3 is 2.79 bits per heavy atom. The minimum Gasteiger partial charge on any atom is -0.456 e. The molecule has 28 heavy (non-hydrogen) atoms. The molecule has 0 radical (unpaired) electrons. The summed E-state index contributed by atoms with van der Waals surface area (Å²) in [5.74, 6) is 3.85. The molecule has 0 saturated carbocycles. The lowest BCUT2D eigenvalue weighted by molar-refractivity contribution is 0.413. The summed E-state index contributed by atoms with van der Waals surface area (Å²) >= 11 is 6.27. The van der Waals surface area contributed by atoms with Crippen LogP contribution in [-0.4, -0.2) is 36.0 Å². The zero-order valence-corrected chi connectivity index (χ0v) is 15.3. The Labute approximate surface area is 163 Å². The van der Waals surface area contributed by atoms with E-state index in [1.165, 1.54) is 0 Å². The molecule has 0 bridgehead atoms. The van der Waals surface area contributed by atoms with E-state index in [2.05, 4.69) is 25.2 Å². The largest absolute Gasteiger partial charge is 0.456 e. The molecule has 5 heterocycles. The van der Waals surface area contributed by atoms with Crippen molar-refractivity contribution in [3.05, 3.63) is 48.4 Å². The number of anilines is 1. The lowest BCUT2D eigenvalue weighted by Crippen LogP contribution is -2.28. The molecule has 0 amide bonds. The number of fused-ring (bicyclic) bond motifs is 6. The van der Waals surface area contributed by atoms with Crippen molar-refractivity contribution in [3.63, 3.8) is 0 Å². The summed E-state index contributed by atoms with van der Waals surface area (Å²) < 4.78 is 14.4. The van der Waals surface area contributed by atoms with E-state index in [9.17, 15) is 0 Å². The van der Waals surface area contributed by atoms with Crippen LogP contribution >= 0.6 is 11.8 Å². The average Bonchev–Trinajstić information content (AvgIpc) is 3.46. The molecule has 0 N–H and O–H groups in total. The van der Waals surface area contributed by atoms with Crippen molar-refractivity contribution in [2.24, 2.45) is 0 Å². The van der Waals surface area contributed by atoms with Crippen molar-refractivity contribution < 1.29 is 8.94 Å². The van der Waals surface area contributed by atoms with E-state index in [1.54, 1.807) is 10.5 Å². The molecular weight excluding hydrogens is 382 g/mol. The summed E-state index contributed by atoms with van der Waals surface area (Å²) in [5, 5.41) is 12.8. The number of aryl methyl sites for hydroxylation is 1. The first-order valence-electron chi connectivity index (χ1n) is 8.57. The van der Waals surface area contributed by atoms with Crippen molar-refractivity contribution >= 4 is 23.3 Å². The zero-order valence-electron chi connectivity index (χ0n) is 14.6. The highest BCUT2D eigenvalue weighted by atomic mass is 35.5. The molecule has 2 aliphatic rings. The van der Waals surface area contributed by atoms with Gasteiger partial charge in [0.15, 0.2) is 11.6 Å². The zero-order chi connectivity index (χ0) is 18.8. The molecule has 0 aliphatic carbocycles. The van der Waals surface area contributed by atoms with E-state index < -0.39 is 0 Å². The van der Waals surface area contributed by atoms with Crippen LogP contribution in [-0.2, 0) is 0 Å². The first kappa shape index (κ1) is 15.5. The van der Waals surface area contributed by atoms with Gasteiger partial charge in [-0.05, 0) is 31.2 Å². The lowest BCUT2D eigenvalue weighted by atomic mass is 10.1. The molecule has 2 aliphatic heterocycles. The summed E-state index contributed by atoms with van der Waals surface area (Å²) in [7, 11) is 0. The van der Waals surface area contributed by atoms with Crippen molar-refractivity contribution in [3.8, 4) is 34.7 Å². The van der Waals surface area contributed by atoms with Crippen LogP contribution in [0.3, 0.4) is 0 Å². The van der Waals surface area contributed by atoms with Crippen molar-refractivity contribution in [2.45, 2.75) is 6.92 Å². The van der Waals surface area contributed by atoms with Gasteiger partial charge in [-0.25, -0.2) is 0 Å². The van der Waals surface area contributed by atoms with Gasteiger partial charge in [0.1, 0.15) is 18.2 Å². The number of halogens is 1. The van der Waals surface area contributed by atoms with Gasteiger partial charge < -0.3 is 13.8 Å². The number of nitrogens with zero attached hydrogens (tertiary/aromatic N) is 7. The van der Waals surface area contributed by atoms with Crippen molar-refractivity contribution in [2.75, 3.05) is 11.6 Å². The van der Waals surface area contributed by atoms with Crippen LogP contribution in [0.1, 0.15) is 5.76 Å². The molecule has 0 fully saturated rings. The first-order chi connectivity index (χ1) is 13.7. The van der Waals surface area contributed by atoms with Gasteiger partial charge in [-0.15, -0.1) is 10.2 Å². The lowest BCUT2D eigenvalue weighted by Gasteiger charge is -2.29. The van der Waals surface area contributed by atoms with E-state index in [0.717, 1.165) is 22.8 Å². The fourth-order valence-electron chi connectivity index (χ4n) is 3.50. The maximum atomic E-state index is 6.27. The van der Waals surface area contributed by atoms with Gasteiger partial charge in [0.25, 0.3) is 5.89 Å². The van der Waals surface area contributed by atoms with Crippen LogP contribution in [0.2, 0.25) is 0 Å². The molecule has 4 aromatic rings. The van der Waals surface area contributed by atoms with Crippen LogP contribution in [0.5, 0.6) is 0 Å². The summed E-state index contributed by atoms with van der Waals surface area (Å²) in [5.41, 5.74) is 1.97. The Balaban J connectivity index is 1.53. The standard InChI is InChI=1S/C18H12ClN7O2/c1-10-6-7-13(27-10)18-20-15(23-28-18)17-22-21-16-11-4-2-3-5-12(11)25-9-24(19)8-14(25)26(16)17/h2-8H,9H2,1H3. The van der Waals surface area contributed by atoms with E-state index in [4.69, 9.17) is 20.7 Å². The van der Waals surface area contributed by atoms with E-state index in [0.29, 0.717) is 29.9 Å². The Bertz CT molecular complexity index is 1250. The Morgan fingerprint density at radius 2 is 1.93 bits per heavy atom. The number of hydrogen-bond donors (Lipinski definition) is 0. The molecule has 138 valence electrons. The predicted molar refractivity (Wildman–Crippen MR) is 100 cm³/mol. The second-order valence-electron chi connectivity index (χ2n) is 6.49. The van der Waals surface area contributed by atoms with Crippen LogP contribution < -0.4 is 4.90 Å². The minimum atomic E-state index is 0.285. The molecule has 0 unspecified atom stereocenters. The SMILES string of the molecule is Cc1ccc(-c2nc(-c3nnc4n3C3=CN(Cl)CN3c3ccccc3-4)no2)o1. The van der Waals surface area contributed by atoms with Gasteiger partial charge in [-0.3, -0.25) is 8.99 Å². The third-order valence-corrected chi connectivity index (χ3v) is 4.92. The van der Waals surface area contributed by atoms with E-state index >= 15 is 0 Å². The summed E-state index contributed by atoms with van der Waals surface area (Å²) in [4.78, 5) is 6.53. The number of para-hydroxylation sites is 1. The smallest absolute Gasteiger partial charge is 0.294 e. The molecule has 6 rings (SSSR count). The van der Waals surface area contributed by atoms with Crippen LogP contribution in [0, 0.1) is 6.92 Å². The predicted octanol–water partition coefficient (Wildman–Crippen LogP) is 3.57. The van der Waals surface area contributed by atoms with Gasteiger partial charge in [0, 0.05) is 17.3 Å². The van der Waals surface area contributed by atoms with Crippen LogP contribution in [0.25, 0.3) is 40.5 Å². The fraction of sp³-hybridized carbons (Fsp3) is 0.111. The van der Waals surface area contributed by atoms with E-state index in [-0.39, 0.29) is 5.89 Å². The molecular formula is C18H12ClN7O2. The monoisotopic (exact) mass is 393 g/mol. The number of furan rings is 1.